The molecule has 1 fully saturated rings. The molecular weight excluding hydrogens is 330 g/mol. The first-order valence-corrected chi connectivity index (χ1v) is 9.10. The third kappa shape index (κ3) is 2.48. The topological polar surface area (TPSA) is 92.6 Å². The summed E-state index contributed by atoms with van der Waals surface area (Å²) in [6.07, 6.45) is 5.62. The summed E-state index contributed by atoms with van der Waals surface area (Å²) in [5.41, 5.74) is 3.46. The molecule has 0 atom stereocenters. The minimum Gasteiger partial charge on any atom is -0.350 e. The Balaban J connectivity index is 1.54. The highest BCUT2D eigenvalue weighted by Gasteiger charge is 2.27. The van der Waals surface area contributed by atoms with Crippen LogP contribution in [0.5, 0.6) is 0 Å². The van der Waals surface area contributed by atoms with Crippen LogP contribution in [0.4, 0.5) is 5.82 Å². The molecule has 3 aromatic heterocycles. The summed E-state index contributed by atoms with van der Waals surface area (Å²) < 4.78 is 1.78. The van der Waals surface area contributed by atoms with Crippen molar-refractivity contribution in [3.05, 3.63) is 39.5 Å². The molecular formula is C18H21N7O. The molecule has 134 valence electrons. The highest BCUT2D eigenvalue weighted by Crippen LogP contribution is 2.32. The van der Waals surface area contributed by atoms with Crippen molar-refractivity contribution in [2.24, 2.45) is 13.0 Å². The van der Waals surface area contributed by atoms with Gasteiger partial charge in [0.25, 0.3) is 5.56 Å². The lowest BCUT2D eigenvalue weighted by atomic mass is 10.1. The van der Waals surface area contributed by atoms with Crippen molar-refractivity contribution in [2.75, 3.05) is 11.4 Å². The molecule has 8 heteroatoms. The Morgan fingerprint density at radius 3 is 2.96 bits per heavy atom. The Morgan fingerprint density at radius 2 is 2.15 bits per heavy atom. The number of rotatable bonds is 3. The first-order valence-electron chi connectivity index (χ1n) is 9.10. The van der Waals surface area contributed by atoms with E-state index in [0.717, 1.165) is 52.6 Å². The molecule has 0 spiro atoms. The number of aromatic nitrogens is 6. The fourth-order valence-corrected chi connectivity index (χ4v) is 3.86. The second kappa shape index (κ2) is 5.62. The maximum absolute atomic E-state index is 12.4. The summed E-state index contributed by atoms with van der Waals surface area (Å²) in [6, 6.07) is 0. The summed E-state index contributed by atoms with van der Waals surface area (Å²) in [6.45, 7) is 3.31. The third-order valence-electron chi connectivity index (χ3n) is 5.38. The zero-order valence-corrected chi connectivity index (χ0v) is 15.0. The molecule has 0 radical (unpaired) electrons. The van der Waals surface area contributed by atoms with E-state index in [9.17, 15) is 4.79 Å². The first-order chi connectivity index (χ1) is 12.6. The van der Waals surface area contributed by atoms with E-state index in [4.69, 9.17) is 4.98 Å². The van der Waals surface area contributed by atoms with E-state index in [1.807, 2.05) is 14.0 Å². The van der Waals surface area contributed by atoms with Crippen LogP contribution in [0.25, 0.3) is 11.0 Å². The number of nitrogens with one attached hydrogen (secondary N) is 1. The van der Waals surface area contributed by atoms with Crippen molar-refractivity contribution in [3.63, 3.8) is 0 Å². The van der Waals surface area contributed by atoms with Gasteiger partial charge < -0.3 is 9.88 Å². The van der Waals surface area contributed by atoms with Crippen molar-refractivity contribution in [3.8, 4) is 0 Å². The zero-order chi connectivity index (χ0) is 17.8. The van der Waals surface area contributed by atoms with Crippen LogP contribution in [0.15, 0.2) is 11.1 Å². The van der Waals surface area contributed by atoms with Crippen molar-refractivity contribution < 1.29 is 0 Å². The van der Waals surface area contributed by atoms with Gasteiger partial charge in [0.15, 0.2) is 5.65 Å². The van der Waals surface area contributed by atoms with Gasteiger partial charge in [-0.1, -0.05) is 0 Å². The van der Waals surface area contributed by atoms with Gasteiger partial charge in [0.05, 0.1) is 23.3 Å². The van der Waals surface area contributed by atoms with Gasteiger partial charge in [-0.25, -0.2) is 15.0 Å². The lowest BCUT2D eigenvalue weighted by Gasteiger charge is -2.29. The van der Waals surface area contributed by atoms with E-state index < -0.39 is 0 Å². The highest BCUT2D eigenvalue weighted by atomic mass is 16.1. The van der Waals surface area contributed by atoms with Crippen LogP contribution in [0.2, 0.25) is 0 Å². The average molecular weight is 351 g/mol. The van der Waals surface area contributed by atoms with Crippen LogP contribution in [-0.4, -0.2) is 36.3 Å². The molecule has 0 aromatic carbocycles. The standard InChI is InChI=1S/C18H21N7O/c1-10-15-16(24(2)23-10)19-9-20-17(15)25-6-5-12-13(8-25)21-14(22-18(12)26)7-11-3-4-11/h9,11H,3-8H2,1-2H3,(H,21,22,26). The maximum Gasteiger partial charge on any atom is 0.254 e. The predicted molar refractivity (Wildman–Crippen MR) is 97.1 cm³/mol. The quantitative estimate of drug-likeness (QED) is 0.764. The second-order valence-electron chi connectivity index (χ2n) is 7.36. The van der Waals surface area contributed by atoms with Gasteiger partial charge >= 0.3 is 0 Å². The number of hydrogen-bond acceptors (Lipinski definition) is 6. The average Bonchev–Trinajstić information content (AvgIpc) is 3.39. The van der Waals surface area contributed by atoms with Gasteiger partial charge in [-0.2, -0.15) is 5.10 Å². The molecule has 2 aliphatic rings. The number of hydrogen-bond donors (Lipinski definition) is 1. The molecule has 3 aromatic rings. The molecule has 0 bridgehead atoms. The van der Waals surface area contributed by atoms with E-state index in [1.54, 1.807) is 11.0 Å². The Kier molecular flexibility index (Phi) is 3.35. The summed E-state index contributed by atoms with van der Waals surface area (Å²) in [7, 11) is 1.89. The minimum absolute atomic E-state index is 0.0238. The largest absolute Gasteiger partial charge is 0.350 e. The number of aromatic amines is 1. The van der Waals surface area contributed by atoms with Crippen LogP contribution in [0, 0.1) is 12.8 Å². The van der Waals surface area contributed by atoms with E-state index in [0.29, 0.717) is 18.9 Å². The van der Waals surface area contributed by atoms with Crippen LogP contribution >= 0.6 is 0 Å². The van der Waals surface area contributed by atoms with Gasteiger partial charge in [0.1, 0.15) is 18.0 Å². The van der Waals surface area contributed by atoms with E-state index in [-0.39, 0.29) is 5.56 Å². The minimum atomic E-state index is 0.0238. The van der Waals surface area contributed by atoms with E-state index >= 15 is 0 Å². The number of anilines is 1. The Labute approximate surface area is 150 Å². The lowest BCUT2D eigenvalue weighted by Crippen LogP contribution is -2.36. The second-order valence-corrected chi connectivity index (χ2v) is 7.36. The van der Waals surface area contributed by atoms with Gasteiger partial charge in [0, 0.05) is 25.6 Å². The Bertz CT molecular complexity index is 1060. The molecule has 0 saturated heterocycles. The van der Waals surface area contributed by atoms with Gasteiger partial charge in [-0.3, -0.25) is 9.48 Å². The molecule has 8 nitrogen and oxygen atoms in total. The normalized spacial score (nSPS) is 16.9. The van der Waals surface area contributed by atoms with Crippen LogP contribution in [0.1, 0.15) is 35.6 Å². The first kappa shape index (κ1) is 15.5. The third-order valence-corrected chi connectivity index (χ3v) is 5.38. The molecule has 1 saturated carbocycles. The molecule has 5 rings (SSSR count). The molecule has 0 unspecified atom stereocenters. The van der Waals surface area contributed by atoms with E-state index in [2.05, 4.69) is 25.0 Å². The summed E-state index contributed by atoms with van der Waals surface area (Å²) in [4.78, 5) is 31.3. The van der Waals surface area contributed by atoms with Crippen LogP contribution < -0.4 is 10.5 Å². The molecule has 4 heterocycles. The summed E-state index contributed by atoms with van der Waals surface area (Å²) in [5.74, 6) is 2.39. The van der Waals surface area contributed by atoms with Crippen molar-refractivity contribution >= 4 is 16.9 Å². The summed E-state index contributed by atoms with van der Waals surface area (Å²) >= 11 is 0. The Hall–Kier alpha value is -2.77. The molecule has 1 aliphatic heterocycles. The van der Waals surface area contributed by atoms with Crippen molar-refractivity contribution in [2.45, 2.75) is 39.2 Å². The highest BCUT2D eigenvalue weighted by molar-refractivity contribution is 5.89. The number of H-pyrrole nitrogens is 1. The van der Waals surface area contributed by atoms with Gasteiger partial charge in [-0.05, 0) is 32.1 Å². The molecule has 1 N–H and O–H groups in total. The monoisotopic (exact) mass is 351 g/mol. The smallest absolute Gasteiger partial charge is 0.254 e. The predicted octanol–water partition coefficient (Wildman–Crippen LogP) is 1.27. The maximum atomic E-state index is 12.4. The number of nitrogens with zero attached hydrogens (tertiary/aromatic N) is 6. The molecule has 0 amide bonds. The van der Waals surface area contributed by atoms with Crippen molar-refractivity contribution in [1.82, 2.24) is 29.7 Å². The van der Waals surface area contributed by atoms with Gasteiger partial charge in [0.2, 0.25) is 0 Å². The number of fused-ring (bicyclic) bond motifs is 2. The van der Waals surface area contributed by atoms with E-state index in [1.165, 1.54) is 12.8 Å². The fraction of sp³-hybridized carbons (Fsp3) is 0.500. The molecule has 26 heavy (non-hydrogen) atoms. The SMILES string of the molecule is Cc1nn(C)c2ncnc(N3CCc4c(nc(CC5CC5)[nH]c4=O)C3)c12. The van der Waals surface area contributed by atoms with Crippen LogP contribution in [0.3, 0.4) is 0 Å². The fourth-order valence-electron chi connectivity index (χ4n) is 3.86. The van der Waals surface area contributed by atoms with Gasteiger partial charge in [-0.15, -0.1) is 0 Å². The molecule has 1 aliphatic carbocycles. The Morgan fingerprint density at radius 1 is 1.31 bits per heavy atom. The zero-order valence-electron chi connectivity index (χ0n) is 15.0. The number of aryl methyl sites for hydroxylation is 2. The summed E-state index contributed by atoms with van der Waals surface area (Å²) in [5, 5.41) is 5.45. The van der Waals surface area contributed by atoms with Crippen molar-refractivity contribution in [1.29, 1.82) is 0 Å². The van der Waals surface area contributed by atoms with Crippen LogP contribution in [-0.2, 0) is 26.4 Å². The lowest BCUT2D eigenvalue weighted by molar-refractivity contribution is 0.665.